The molecule has 3 amide bonds. The van der Waals surface area contributed by atoms with Crippen LogP contribution >= 0.6 is 0 Å². The zero-order chi connectivity index (χ0) is 19.2. The fourth-order valence-corrected chi connectivity index (χ4v) is 3.14. The number of carbonyl (C=O) groups excluding carboxylic acids is 2. The van der Waals surface area contributed by atoms with Crippen molar-refractivity contribution in [3.63, 3.8) is 0 Å². The van der Waals surface area contributed by atoms with Gasteiger partial charge in [-0.3, -0.25) is 9.59 Å². The van der Waals surface area contributed by atoms with Crippen molar-refractivity contribution in [3.8, 4) is 0 Å². The molecule has 1 aromatic heterocycles. The largest absolute Gasteiger partial charge is 0.349 e. The van der Waals surface area contributed by atoms with Gasteiger partial charge in [-0.1, -0.05) is 25.1 Å². The Hall–Kier alpha value is -3.09. The molecule has 142 valence electrons. The molecule has 7 heteroatoms. The van der Waals surface area contributed by atoms with E-state index < -0.39 is 0 Å². The lowest BCUT2D eigenvalue weighted by Gasteiger charge is -2.32. The van der Waals surface area contributed by atoms with Crippen molar-refractivity contribution in [2.45, 2.75) is 32.2 Å². The highest BCUT2D eigenvalue weighted by atomic mass is 16.2. The van der Waals surface area contributed by atoms with Crippen molar-refractivity contribution in [1.82, 2.24) is 15.2 Å². The number of aromatic nitrogens is 1. The first-order chi connectivity index (χ1) is 13.0. The van der Waals surface area contributed by atoms with Gasteiger partial charge in [-0.15, -0.1) is 0 Å². The van der Waals surface area contributed by atoms with Gasteiger partial charge in [-0.05, 0) is 37.5 Å². The molecule has 7 nitrogen and oxygen atoms in total. The summed E-state index contributed by atoms with van der Waals surface area (Å²) in [6.07, 6.45) is 2.01. The summed E-state index contributed by atoms with van der Waals surface area (Å²) in [6.45, 7) is 3.06. The van der Waals surface area contributed by atoms with E-state index in [4.69, 9.17) is 0 Å². The number of para-hydroxylation sites is 1. The van der Waals surface area contributed by atoms with E-state index in [0.717, 1.165) is 11.4 Å². The number of carbonyl (C=O) groups is 2. The summed E-state index contributed by atoms with van der Waals surface area (Å²) < 4.78 is 0. The second-order valence-corrected chi connectivity index (χ2v) is 6.64. The Kier molecular flexibility index (Phi) is 5.90. The Balaban J connectivity index is 1.52. The minimum absolute atomic E-state index is 0.0114. The number of aromatic amines is 1. The Bertz CT molecular complexity index is 855. The van der Waals surface area contributed by atoms with Crippen LogP contribution in [0, 0.1) is 0 Å². The summed E-state index contributed by atoms with van der Waals surface area (Å²) in [6, 6.07) is 12.2. The molecule has 0 radical (unpaired) electrons. The third-order valence-electron chi connectivity index (χ3n) is 4.69. The standard InChI is InChI=1S/C20H24N4O3/c1-2-15-12-14(13-18(25)21-15)19(26)22-17-8-10-24(11-9-17)20(27)23-16-6-4-3-5-7-16/h3-7,12-13,17H,2,8-11H2,1H3,(H,21,25)(H,22,26)(H,23,27). The Labute approximate surface area is 157 Å². The van der Waals surface area contributed by atoms with Crippen LogP contribution in [0.15, 0.2) is 47.3 Å². The molecule has 0 spiro atoms. The van der Waals surface area contributed by atoms with Crippen LogP contribution in [0.25, 0.3) is 0 Å². The van der Waals surface area contributed by atoms with Gasteiger partial charge in [0.15, 0.2) is 0 Å². The monoisotopic (exact) mass is 368 g/mol. The van der Waals surface area contributed by atoms with E-state index in [-0.39, 0.29) is 23.5 Å². The zero-order valence-electron chi connectivity index (χ0n) is 15.3. The SMILES string of the molecule is CCc1cc(C(=O)NC2CCN(C(=O)Nc3ccccc3)CC2)cc(=O)[nH]1. The highest BCUT2D eigenvalue weighted by molar-refractivity contribution is 5.94. The van der Waals surface area contributed by atoms with Gasteiger partial charge < -0.3 is 20.5 Å². The lowest BCUT2D eigenvalue weighted by atomic mass is 10.0. The molecule has 0 bridgehead atoms. The van der Waals surface area contributed by atoms with Crippen molar-refractivity contribution in [1.29, 1.82) is 0 Å². The number of H-pyrrole nitrogens is 1. The van der Waals surface area contributed by atoms with E-state index in [1.54, 1.807) is 11.0 Å². The molecule has 0 aliphatic carbocycles. The van der Waals surface area contributed by atoms with Crippen LogP contribution in [0.2, 0.25) is 0 Å². The summed E-state index contributed by atoms with van der Waals surface area (Å²) >= 11 is 0. The Morgan fingerprint density at radius 2 is 1.85 bits per heavy atom. The number of anilines is 1. The highest BCUT2D eigenvalue weighted by Gasteiger charge is 2.24. The van der Waals surface area contributed by atoms with E-state index in [9.17, 15) is 14.4 Å². The maximum absolute atomic E-state index is 12.4. The molecule has 3 rings (SSSR count). The molecule has 1 fully saturated rings. The number of piperidine rings is 1. The van der Waals surface area contributed by atoms with Crippen LogP contribution in [-0.2, 0) is 6.42 Å². The molecule has 1 aliphatic heterocycles. The molecule has 3 N–H and O–H groups in total. The van der Waals surface area contributed by atoms with Gasteiger partial charge >= 0.3 is 6.03 Å². The lowest BCUT2D eigenvalue weighted by Crippen LogP contribution is -2.47. The first-order valence-electron chi connectivity index (χ1n) is 9.20. The molecule has 0 saturated carbocycles. The minimum atomic E-state index is -0.271. The van der Waals surface area contributed by atoms with Crippen molar-refractivity contribution in [3.05, 3.63) is 64.1 Å². The minimum Gasteiger partial charge on any atom is -0.349 e. The number of nitrogens with zero attached hydrogens (tertiary/aromatic N) is 1. The summed E-state index contributed by atoms with van der Waals surface area (Å²) in [5.74, 6) is -0.247. The average Bonchev–Trinajstić information content (AvgIpc) is 2.68. The van der Waals surface area contributed by atoms with Crippen molar-refractivity contribution in [2.24, 2.45) is 0 Å². The summed E-state index contributed by atoms with van der Waals surface area (Å²) in [5.41, 5.74) is 1.60. The van der Waals surface area contributed by atoms with Crippen molar-refractivity contribution < 1.29 is 9.59 Å². The third-order valence-corrected chi connectivity index (χ3v) is 4.69. The second kappa shape index (κ2) is 8.53. The number of hydrogen-bond acceptors (Lipinski definition) is 3. The smallest absolute Gasteiger partial charge is 0.321 e. The quantitative estimate of drug-likeness (QED) is 0.773. The number of hydrogen-bond donors (Lipinski definition) is 3. The normalized spacial score (nSPS) is 14.6. The third kappa shape index (κ3) is 4.97. The van der Waals surface area contributed by atoms with E-state index >= 15 is 0 Å². The van der Waals surface area contributed by atoms with E-state index in [1.165, 1.54) is 6.07 Å². The van der Waals surface area contributed by atoms with Gasteiger partial charge in [0.1, 0.15) is 0 Å². The van der Waals surface area contributed by atoms with E-state index in [2.05, 4.69) is 15.6 Å². The molecular formula is C20H24N4O3. The zero-order valence-corrected chi connectivity index (χ0v) is 15.3. The predicted octanol–water partition coefficient (Wildman–Crippen LogP) is 2.36. The van der Waals surface area contributed by atoms with Gasteiger partial charge in [0.2, 0.25) is 5.56 Å². The Morgan fingerprint density at radius 3 is 2.52 bits per heavy atom. The topological polar surface area (TPSA) is 94.3 Å². The molecule has 2 aromatic rings. The number of rotatable bonds is 4. The van der Waals surface area contributed by atoms with Gasteiger partial charge in [0, 0.05) is 42.1 Å². The molecule has 2 heterocycles. The Morgan fingerprint density at radius 1 is 1.15 bits per heavy atom. The maximum atomic E-state index is 12.4. The molecule has 1 aromatic carbocycles. The van der Waals surface area contributed by atoms with Crippen molar-refractivity contribution >= 4 is 17.6 Å². The van der Waals surface area contributed by atoms with Crippen LogP contribution in [-0.4, -0.2) is 41.0 Å². The van der Waals surface area contributed by atoms with Crippen LogP contribution in [0.3, 0.4) is 0 Å². The number of urea groups is 1. The summed E-state index contributed by atoms with van der Waals surface area (Å²) in [7, 11) is 0. The number of nitrogens with one attached hydrogen (secondary N) is 3. The van der Waals surface area contributed by atoms with Crippen LogP contribution < -0.4 is 16.2 Å². The first kappa shape index (κ1) is 18.7. The number of likely N-dealkylation sites (tertiary alicyclic amines) is 1. The van der Waals surface area contributed by atoms with Crippen LogP contribution in [0.5, 0.6) is 0 Å². The average molecular weight is 368 g/mol. The van der Waals surface area contributed by atoms with E-state index in [1.807, 2.05) is 37.3 Å². The fourth-order valence-electron chi connectivity index (χ4n) is 3.14. The molecule has 0 unspecified atom stereocenters. The predicted molar refractivity (Wildman–Crippen MR) is 104 cm³/mol. The molecule has 1 aliphatic rings. The van der Waals surface area contributed by atoms with Gasteiger partial charge in [0.05, 0.1) is 0 Å². The first-order valence-corrected chi connectivity index (χ1v) is 9.20. The number of amides is 3. The number of benzene rings is 1. The summed E-state index contributed by atoms with van der Waals surface area (Å²) in [4.78, 5) is 40.9. The van der Waals surface area contributed by atoms with Crippen LogP contribution in [0.4, 0.5) is 10.5 Å². The van der Waals surface area contributed by atoms with Gasteiger partial charge in [-0.25, -0.2) is 4.79 Å². The fraction of sp³-hybridized carbons (Fsp3) is 0.350. The van der Waals surface area contributed by atoms with E-state index in [0.29, 0.717) is 37.9 Å². The summed E-state index contributed by atoms with van der Waals surface area (Å²) in [5, 5.41) is 5.85. The molecule has 27 heavy (non-hydrogen) atoms. The maximum Gasteiger partial charge on any atom is 0.321 e. The van der Waals surface area contributed by atoms with Crippen LogP contribution in [0.1, 0.15) is 35.8 Å². The lowest BCUT2D eigenvalue weighted by molar-refractivity contribution is 0.0919. The number of aryl methyl sites for hydroxylation is 1. The molecule has 1 saturated heterocycles. The van der Waals surface area contributed by atoms with Gasteiger partial charge in [-0.2, -0.15) is 0 Å². The number of pyridine rings is 1. The van der Waals surface area contributed by atoms with Crippen molar-refractivity contribution in [2.75, 3.05) is 18.4 Å². The second-order valence-electron chi connectivity index (χ2n) is 6.64. The molecular weight excluding hydrogens is 344 g/mol. The highest BCUT2D eigenvalue weighted by Crippen LogP contribution is 2.14. The van der Waals surface area contributed by atoms with Gasteiger partial charge in [0.25, 0.3) is 5.91 Å². The molecule has 0 atom stereocenters.